The molecule has 0 saturated heterocycles. The number of benzene rings is 1. The van der Waals surface area contributed by atoms with Gasteiger partial charge in [0.1, 0.15) is 12.4 Å². The lowest BCUT2D eigenvalue weighted by atomic mass is 9.99. The van der Waals surface area contributed by atoms with Gasteiger partial charge in [-0.05, 0) is 31.4 Å². The van der Waals surface area contributed by atoms with Crippen molar-refractivity contribution >= 4 is 5.91 Å². The molecule has 1 atom stereocenters. The molecule has 0 unspecified atom stereocenters. The number of carbonyl (C=O) groups is 1. The number of aromatic nitrogens is 2. The Morgan fingerprint density at radius 1 is 1.25 bits per heavy atom. The van der Waals surface area contributed by atoms with Crippen molar-refractivity contribution in [3.8, 4) is 0 Å². The van der Waals surface area contributed by atoms with Gasteiger partial charge in [-0.1, -0.05) is 30.3 Å². The molecule has 0 radical (unpaired) electrons. The van der Waals surface area contributed by atoms with E-state index in [4.69, 9.17) is 0 Å². The lowest BCUT2D eigenvalue weighted by Gasteiger charge is -2.36. The maximum Gasteiger partial charge on any atom is 0.244 e. The van der Waals surface area contributed by atoms with Crippen LogP contribution in [-0.2, 0) is 17.8 Å². The van der Waals surface area contributed by atoms with Crippen molar-refractivity contribution in [1.82, 2.24) is 19.8 Å². The molecule has 5 heteroatoms. The molecule has 5 nitrogen and oxygen atoms in total. The van der Waals surface area contributed by atoms with Gasteiger partial charge in [-0.25, -0.2) is 9.97 Å². The summed E-state index contributed by atoms with van der Waals surface area (Å²) < 4.78 is 0. The van der Waals surface area contributed by atoms with Crippen molar-refractivity contribution in [2.45, 2.75) is 32.9 Å². The smallest absolute Gasteiger partial charge is 0.244 e. The van der Waals surface area contributed by atoms with Crippen LogP contribution in [0, 0.1) is 0 Å². The highest BCUT2D eigenvalue weighted by Crippen LogP contribution is 2.28. The van der Waals surface area contributed by atoms with Crippen LogP contribution in [0.4, 0.5) is 0 Å². The Hall–Kier alpha value is -2.27. The fraction of sp³-hybridized carbons (Fsp3) is 0.421. The van der Waals surface area contributed by atoms with Gasteiger partial charge in [-0.3, -0.25) is 9.69 Å². The molecule has 24 heavy (non-hydrogen) atoms. The van der Waals surface area contributed by atoms with Gasteiger partial charge in [-0.2, -0.15) is 0 Å². The number of carbonyl (C=O) groups excluding carboxylic acids is 1. The summed E-state index contributed by atoms with van der Waals surface area (Å²) in [6.07, 6.45) is 4.36. The van der Waals surface area contributed by atoms with Gasteiger partial charge in [0.25, 0.3) is 0 Å². The summed E-state index contributed by atoms with van der Waals surface area (Å²) in [5, 5.41) is 0. The first-order valence-electron chi connectivity index (χ1n) is 8.60. The first kappa shape index (κ1) is 16.6. The first-order valence-corrected chi connectivity index (χ1v) is 8.60. The van der Waals surface area contributed by atoms with E-state index in [0.29, 0.717) is 6.54 Å². The van der Waals surface area contributed by atoms with E-state index in [0.717, 1.165) is 37.3 Å². The minimum Gasteiger partial charge on any atom is -0.342 e. The third kappa shape index (κ3) is 3.31. The quantitative estimate of drug-likeness (QED) is 0.848. The first-order chi connectivity index (χ1) is 11.7. The van der Waals surface area contributed by atoms with Crippen molar-refractivity contribution in [3.63, 3.8) is 0 Å². The van der Waals surface area contributed by atoms with Crippen LogP contribution in [0.15, 0.2) is 42.9 Å². The second kappa shape index (κ2) is 7.53. The molecule has 1 aliphatic rings. The standard InChI is InChI=1S/C19H24N4O/c1-3-22(4-2)19(24)18(15-8-6-5-7-9-15)23-11-10-16-12-20-14-21-17(16)13-23/h5-9,12,14,18H,3-4,10-11,13H2,1-2H3/t18-/m1/s1. The number of amides is 1. The fourth-order valence-electron chi connectivity index (χ4n) is 3.34. The molecule has 0 N–H and O–H groups in total. The summed E-state index contributed by atoms with van der Waals surface area (Å²) in [6.45, 7) is 7.04. The molecular weight excluding hydrogens is 300 g/mol. The van der Waals surface area contributed by atoms with E-state index in [9.17, 15) is 4.79 Å². The van der Waals surface area contributed by atoms with E-state index < -0.39 is 0 Å². The Balaban J connectivity index is 1.92. The molecule has 0 fully saturated rings. The Morgan fingerprint density at radius 3 is 2.71 bits per heavy atom. The molecule has 1 aromatic carbocycles. The van der Waals surface area contributed by atoms with Gasteiger partial charge in [0.05, 0.1) is 5.69 Å². The summed E-state index contributed by atoms with van der Waals surface area (Å²) >= 11 is 0. The fourth-order valence-corrected chi connectivity index (χ4v) is 3.34. The molecule has 0 saturated carbocycles. The average Bonchev–Trinajstić information content (AvgIpc) is 2.64. The maximum absolute atomic E-state index is 13.2. The van der Waals surface area contributed by atoms with Gasteiger partial charge < -0.3 is 4.90 Å². The second-order valence-corrected chi connectivity index (χ2v) is 6.04. The predicted molar refractivity (Wildman–Crippen MR) is 93.3 cm³/mol. The molecular formula is C19H24N4O. The number of likely N-dealkylation sites (N-methyl/N-ethyl adjacent to an activating group) is 1. The van der Waals surface area contributed by atoms with Gasteiger partial charge in [0.2, 0.25) is 5.91 Å². The molecule has 2 heterocycles. The predicted octanol–water partition coefficient (Wildman–Crippen LogP) is 2.44. The zero-order valence-corrected chi connectivity index (χ0v) is 14.4. The highest BCUT2D eigenvalue weighted by atomic mass is 16.2. The SMILES string of the molecule is CCN(CC)C(=O)[C@@H](c1ccccc1)N1CCc2cncnc2C1. The molecule has 1 aliphatic heterocycles. The van der Waals surface area contributed by atoms with Crippen molar-refractivity contribution < 1.29 is 4.79 Å². The third-order valence-corrected chi connectivity index (χ3v) is 4.69. The molecule has 0 spiro atoms. The largest absolute Gasteiger partial charge is 0.342 e. The molecule has 126 valence electrons. The number of fused-ring (bicyclic) bond motifs is 1. The van der Waals surface area contributed by atoms with Gasteiger partial charge in [-0.15, -0.1) is 0 Å². The number of hydrogen-bond acceptors (Lipinski definition) is 4. The van der Waals surface area contributed by atoms with Crippen molar-refractivity contribution in [1.29, 1.82) is 0 Å². The Labute approximate surface area is 143 Å². The summed E-state index contributed by atoms with van der Waals surface area (Å²) in [5.74, 6) is 0.170. The number of rotatable bonds is 5. The van der Waals surface area contributed by atoms with Crippen LogP contribution in [0.3, 0.4) is 0 Å². The molecule has 1 amide bonds. The minimum atomic E-state index is -0.255. The second-order valence-electron chi connectivity index (χ2n) is 6.04. The number of nitrogens with zero attached hydrogens (tertiary/aromatic N) is 4. The lowest BCUT2D eigenvalue weighted by Crippen LogP contribution is -2.45. The summed E-state index contributed by atoms with van der Waals surface area (Å²) in [5.41, 5.74) is 3.27. The van der Waals surface area contributed by atoms with Crippen molar-refractivity contribution in [2.75, 3.05) is 19.6 Å². The monoisotopic (exact) mass is 324 g/mol. The van der Waals surface area contributed by atoms with Crippen LogP contribution in [0.2, 0.25) is 0 Å². The highest BCUT2D eigenvalue weighted by molar-refractivity contribution is 5.83. The molecule has 0 bridgehead atoms. The van der Waals surface area contributed by atoms with E-state index in [1.165, 1.54) is 5.56 Å². The summed E-state index contributed by atoms with van der Waals surface area (Å²) in [4.78, 5) is 25.8. The van der Waals surface area contributed by atoms with Crippen molar-refractivity contribution in [2.24, 2.45) is 0 Å². The lowest BCUT2D eigenvalue weighted by molar-refractivity contribution is -0.137. The Morgan fingerprint density at radius 2 is 2.00 bits per heavy atom. The topological polar surface area (TPSA) is 49.3 Å². The summed E-state index contributed by atoms with van der Waals surface area (Å²) in [6, 6.07) is 9.81. The highest BCUT2D eigenvalue weighted by Gasteiger charge is 2.32. The van der Waals surface area contributed by atoms with Crippen LogP contribution in [0.25, 0.3) is 0 Å². The molecule has 3 rings (SSSR count). The van der Waals surface area contributed by atoms with Gasteiger partial charge >= 0.3 is 0 Å². The van der Waals surface area contributed by atoms with Crippen LogP contribution in [-0.4, -0.2) is 45.3 Å². The third-order valence-electron chi connectivity index (χ3n) is 4.69. The zero-order chi connectivity index (χ0) is 16.9. The van der Waals surface area contributed by atoms with Crippen molar-refractivity contribution in [3.05, 3.63) is 59.7 Å². The summed E-state index contributed by atoms with van der Waals surface area (Å²) in [7, 11) is 0. The molecule has 0 aliphatic carbocycles. The van der Waals surface area contributed by atoms with E-state index in [2.05, 4.69) is 14.9 Å². The van der Waals surface area contributed by atoms with Crippen LogP contribution in [0.1, 0.15) is 36.7 Å². The Bertz CT molecular complexity index is 685. The van der Waals surface area contributed by atoms with Gasteiger partial charge in [0.15, 0.2) is 0 Å². The van der Waals surface area contributed by atoms with Crippen LogP contribution >= 0.6 is 0 Å². The van der Waals surface area contributed by atoms with E-state index in [-0.39, 0.29) is 11.9 Å². The average molecular weight is 324 g/mol. The van der Waals surface area contributed by atoms with Crippen LogP contribution < -0.4 is 0 Å². The minimum absolute atomic E-state index is 0.170. The Kier molecular flexibility index (Phi) is 5.20. The molecule has 2 aromatic rings. The maximum atomic E-state index is 13.2. The van der Waals surface area contributed by atoms with E-state index in [1.54, 1.807) is 6.33 Å². The number of hydrogen-bond donors (Lipinski definition) is 0. The normalized spacial score (nSPS) is 15.6. The van der Waals surface area contributed by atoms with Gasteiger partial charge in [0, 0.05) is 32.4 Å². The van der Waals surface area contributed by atoms with Crippen LogP contribution in [0.5, 0.6) is 0 Å². The van der Waals surface area contributed by atoms with E-state index >= 15 is 0 Å². The van der Waals surface area contributed by atoms with E-state index in [1.807, 2.05) is 55.3 Å². The molecule has 1 aromatic heterocycles. The zero-order valence-electron chi connectivity index (χ0n) is 14.4.